The second-order valence-electron chi connectivity index (χ2n) is 8.54. The number of hydrogen-bond acceptors (Lipinski definition) is 4. The van der Waals surface area contributed by atoms with Gasteiger partial charge in [0.25, 0.3) is 8.32 Å². The molecular weight excluding hydrogens is 382 g/mol. The van der Waals surface area contributed by atoms with Crippen LogP contribution in [-0.4, -0.2) is 51.3 Å². The molecule has 0 radical (unpaired) electrons. The molecule has 1 aliphatic heterocycles. The number of hydrogen-bond donors (Lipinski definition) is 2. The summed E-state index contributed by atoms with van der Waals surface area (Å²) in [5.74, 6) is -0.820. The van der Waals surface area contributed by atoms with E-state index >= 15 is 0 Å². The fourth-order valence-electron chi connectivity index (χ4n) is 4.19. The fourth-order valence-corrected chi connectivity index (χ4v) is 8.73. The number of aliphatic carboxylic acids is 1. The van der Waals surface area contributed by atoms with Gasteiger partial charge in [0.05, 0.1) is 19.3 Å². The second-order valence-corrected chi connectivity index (χ2v) is 12.8. The lowest BCUT2D eigenvalue weighted by Gasteiger charge is -2.43. The van der Waals surface area contributed by atoms with Gasteiger partial charge in [-0.15, -0.1) is 0 Å². The number of nitrogens with one attached hydrogen (secondary N) is 1. The maximum atomic E-state index is 11.1. The van der Waals surface area contributed by atoms with Crippen LogP contribution in [0.3, 0.4) is 0 Å². The predicted octanol–water partition coefficient (Wildman–Crippen LogP) is 2.39. The Kier molecular flexibility index (Phi) is 6.90. The zero-order valence-electron chi connectivity index (χ0n) is 17.4. The smallest absolute Gasteiger partial charge is 0.320 e. The molecule has 1 aliphatic rings. The van der Waals surface area contributed by atoms with Crippen LogP contribution in [0.2, 0.25) is 5.04 Å². The molecule has 5 nitrogen and oxygen atoms in total. The molecule has 0 aliphatic carbocycles. The van der Waals surface area contributed by atoms with Gasteiger partial charge in [-0.2, -0.15) is 0 Å². The Bertz CT molecular complexity index is 752. The fraction of sp³-hybridized carbons (Fsp3) is 0.435. The van der Waals surface area contributed by atoms with Crippen LogP contribution in [0.4, 0.5) is 0 Å². The third-order valence-electron chi connectivity index (χ3n) is 5.56. The summed E-state index contributed by atoms with van der Waals surface area (Å²) in [6, 6.07) is 20.5. The van der Waals surface area contributed by atoms with Crippen molar-refractivity contribution in [2.24, 2.45) is 0 Å². The highest BCUT2D eigenvalue weighted by Gasteiger charge is 2.50. The van der Waals surface area contributed by atoms with E-state index in [0.717, 1.165) is 0 Å². The normalized spacial score (nSPS) is 20.0. The van der Waals surface area contributed by atoms with E-state index in [1.165, 1.54) is 10.4 Å². The highest BCUT2D eigenvalue weighted by atomic mass is 28.4. The van der Waals surface area contributed by atoms with Crippen molar-refractivity contribution in [2.75, 3.05) is 19.8 Å². The van der Waals surface area contributed by atoms with E-state index in [9.17, 15) is 4.79 Å². The molecule has 0 spiro atoms. The molecule has 2 aromatic rings. The largest absolute Gasteiger partial charge is 0.480 e. The molecule has 156 valence electrons. The molecule has 1 heterocycles. The summed E-state index contributed by atoms with van der Waals surface area (Å²) < 4.78 is 12.7. The summed E-state index contributed by atoms with van der Waals surface area (Å²) in [7, 11) is -2.55. The summed E-state index contributed by atoms with van der Waals surface area (Å²) in [6.45, 7) is 8.23. The maximum Gasteiger partial charge on any atom is 0.320 e. The van der Waals surface area contributed by atoms with Crippen LogP contribution >= 0.6 is 0 Å². The van der Waals surface area contributed by atoms with Crippen LogP contribution in [0.5, 0.6) is 0 Å². The van der Waals surface area contributed by atoms with E-state index in [4.69, 9.17) is 14.3 Å². The van der Waals surface area contributed by atoms with Crippen molar-refractivity contribution in [3.05, 3.63) is 60.7 Å². The summed E-state index contributed by atoms with van der Waals surface area (Å²) in [4.78, 5) is 11.1. The van der Waals surface area contributed by atoms with Crippen molar-refractivity contribution < 1.29 is 19.1 Å². The molecule has 0 bridgehead atoms. The van der Waals surface area contributed by atoms with E-state index in [2.05, 4.69) is 74.6 Å². The molecule has 1 fully saturated rings. The molecular formula is C23H31NO4Si. The number of ether oxygens (including phenoxy) is 1. The molecule has 2 atom stereocenters. The average molecular weight is 414 g/mol. The first kappa shape index (κ1) is 21.7. The van der Waals surface area contributed by atoms with Gasteiger partial charge >= 0.3 is 5.97 Å². The molecule has 6 heteroatoms. The average Bonchev–Trinajstić information content (AvgIpc) is 3.18. The van der Waals surface area contributed by atoms with Gasteiger partial charge in [0.1, 0.15) is 6.04 Å². The van der Waals surface area contributed by atoms with E-state index < -0.39 is 20.3 Å². The number of carboxylic acid groups (broad SMARTS) is 1. The van der Waals surface area contributed by atoms with Crippen molar-refractivity contribution in [3.8, 4) is 0 Å². The lowest BCUT2D eigenvalue weighted by atomic mass is 10.2. The minimum Gasteiger partial charge on any atom is -0.480 e. The zero-order valence-corrected chi connectivity index (χ0v) is 18.4. The summed E-state index contributed by atoms with van der Waals surface area (Å²) in [5.41, 5.74) is 0. The lowest BCUT2D eigenvalue weighted by molar-refractivity contribution is -0.139. The third-order valence-corrected chi connectivity index (χ3v) is 10.6. The summed E-state index contributed by atoms with van der Waals surface area (Å²) >= 11 is 0. The Labute approximate surface area is 174 Å². The van der Waals surface area contributed by atoms with Gasteiger partial charge < -0.3 is 19.6 Å². The van der Waals surface area contributed by atoms with Crippen molar-refractivity contribution in [3.63, 3.8) is 0 Å². The van der Waals surface area contributed by atoms with Crippen molar-refractivity contribution in [1.29, 1.82) is 0 Å². The molecule has 3 rings (SSSR count). The van der Waals surface area contributed by atoms with Gasteiger partial charge in [-0.25, -0.2) is 0 Å². The highest BCUT2D eigenvalue weighted by molar-refractivity contribution is 6.99. The number of rotatable bonds is 8. The van der Waals surface area contributed by atoms with Crippen LogP contribution < -0.4 is 15.7 Å². The SMILES string of the molecule is CC(C)(C)[Si](OCCO[C@H]1CN[C@@H](C(=O)O)C1)(c1ccccc1)c1ccccc1. The van der Waals surface area contributed by atoms with Crippen LogP contribution in [0.1, 0.15) is 27.2 Å². The first-order chi connectivity index (χ1) is 13.8. The van der Waals surface area contributed by atoms with E-state index in [-0.39, 0.29) is 11.1 Å². The first-order valence-corrected chi connectivity index (χ1v) is 12.1. The first-order valence-electron chi connectivity index (χ1n) is 10.2. The van der Waals surface area contributed by atoms with Crippen LogP contribution in [0, 0.1) is 0 Å². The van der Waals surface area contributed by atoms with E-state index in [1.54, 1.807) is 0 Å². The molecule has 0 amide bonds. The second kappa shape index (κ2) is 9.22. The molecule has 1 saturated heterocycles. The lowest BCUT2D eigenvalue weighted by Crippen LogP contribution is -2.66. The Balaban J connectivity index is 1.77. The van der Waals surface area contributed by atoms with E-state index in [1.807, 2.05) is 12.1 Å². The highest BCUT2D eigenvalue weighted by Crippen LogP contribution is 2.36. The van der Waals surface area contributed by atoms with Gasteiger partial charge in [-0.05, 0) is 15.4 Å². The van der Waals surface area contributed by atoms with Gasteiger partial charge in [-0.3, -0.25) is 4.79 Å². The Hall–Kier alpha value is -1.99. The van der Waals surface area contributed by atoms with Gasteiger partial charge in [-0.1, -0.05) is 81.4 Å². The Morgan fingerprint density at radius 3 is 2.03 bits per heavy atom. The predicted molar refractivity (Wildman–Crippen MR) is 117 cm³/mol. The topological polar surface area (TPSA) is 67.8 Å². The van der Waals surface area contributed by atoms with Crippen molar-refractivity contribution >= 4 is 24.7 Å². The molecule has 0 saturated carbocycles. The summed E-state index contributed by atoms with van der Waals surface area (Å²) in [6.07, 6.45) is 0.410. The monoisotopic (exact) mass is 413 g/mol. The molecule has 2 N–H and O–H groups in total. The molecule has 0 unspecified atom stereocenters. The Morgan fingerprint density at radius 2 is 1.59 bits per heavy atom. The van der Waals surface area contributed by atoms with Crippen LogP contribution in [0.15, 0.2) is 60.7 Å². The number of carboxylic acids is 1. The third kappa shape index (κ3) is 4.78. The van der Waals surface area contributed by atoms with Crippen LogP contribution in [0.25, 0.3) is 0 Å². The van der Waals surface area contributed by atoms with E-state index in [0.29, 0.717) is 26.2 Å². The maximum absolute atomic E-state index is 11.1. The molecule has 0 aromatic heterocycles. The minimum absolute atomic E-state index is 0.0704. The Morgan fingerprint density at radius 1 is 1.03 bits per heavy atom. The van der Waals surface area contributed by atoms with Crippen LogP contribution in [-0.2, 0) is 14.0 Å². The van der Waals surface area contributed by atoms with Gasteiger partial charge in [0, 0.05) is 13.0 Å². The molecule has 2 aromatic carbocycles. The van der Waals surface area contributed by atoms with Crippen molar-refractivity contribution in [1.82, 2.24) is 5.32 Å². The number of benzene rings is 2. The number of carbonyl (C=O) groups is 1. The zero-order chi connectivity index (χ0) is 20.9. The minimum atomic E-state index is -2.55. The van der Waals surface area contributed by atoms with Crippen molar-refractivity contribution in [2.45, 2.75) is 44.4 Å². The quantitative estimate of drug-likeness (QED) is 0.514. The van der Waals surface area contributed by atoms with Gasteiger partial charge in [0.15, 0.2) is 0 Å². The molecule has 29 heavy (non-hydrogen) atoms. The van der Waals surface area contributed by atoms with Gasteiger partial charge in [0.2, 0.25) is 0 Å². The summed E-state index contributed by atoms with van der Waals surface area (Å²) in [5, 5.41) is 14.5. The standard InChI is InChI=1S/C23H31NO4Si/c1-23(2,3)29(19-10-6-4-7-11-19,20-12-8-5-9-13-20)28-15-14-27-18-16-21(22(25)26)24-17-18/h4-13,18,21,24H,14-17H2,1-3H3,(H,25,26)/t18-,21-/m1/s1.